The zero-order valence-corrected chi connectivity index (χ0v) is 14.7. The van der Waals surface area contributed by atoms with Crippen LogP contribution in [0.3, 0.4) is 0 Å². The van der Waals surface area contributed by atoms with Crippen LogP contribution in [0.25, 0.3) is 0 Å². The second-order valence-electron chi connectivity index (χ2n) is 7.42. The maximum atomic E-state index is 12.3. The Labute approximate surface area is 141 Å². The van der Waals surface area contributed by atoms with Crippen LogP contribution in [0.2, 0.25) is 0 Å². The fourth-order valence-corrected chi connectivity index (χ4v) is 3.16. The Kier molecular flexibility index (Phi) is 4.15. The Morgan fingerprint density at radius 3 is 2.62 bits per heavy atom. The molecule has 24 heavy (non-hydrogen) atoms. The first kappa shape index (κ1) is 16.6. The first-order valence-electron chi connectivity index (χ1n) is 8.31. The van der Waals surface area contributed by atoms with E-state index in [2.05, 4.69) is 10.4 Å². The van der Waals surface area contributed by atoms with Crippen LogP contribution in [0, 0.1) is 0 Å². The molecule has 132 valence electrons. The third-order valence-electron chi connectivity index (χ3n) is 4.28. The minimum atomic E-state index is -0.490. The molecule has 0 radical (unpaired) electrons. The molecule has 1 N–H and O–H groups in total. The molecule has 8 nitrogen and oxygen atoms in total. The molecule has 2 aliphatic rings. The highest BCUT2D eigenvalue weighted by molar-refractivity contribution is 5.92. The van der Waals surface area contributed by atoms with Gasteiger partial charge in [-0.2, -0.15) is 5.10 Å². The molecule has 8 heteroatoms. The van der Waals surface area contributed by atoms with E-state index < -0.39 is 5.60 Å². The highest BCUT2D eigenvalue weighted by atomic mass is 16.6. The van der Waals surface area contributed by atoms with Crippen molar-refractivity contribution < 1.29 is 14.3 Å². The topological polar surface area (TPSA) is 79.7 Å². The number of amides is 3. The van der Waals surface area contributed by atoms with E-state index in [4.69, 9.17) is 4.74 Å². The lowest BCUT2D eigenvalue weighted by molar-refractivity contribution is 0.0162. The lowest BCUT2D eigenvalue weighted by atomic mass is 10.0. The number of likely N-dealkylation sites (tertiary alicyclic amines) is 1. The molecule has 3 amide bonds. The predicted octanol–water partition coefficient (Wildman–Crippen LogP) is 2.17. The van der Waals surface area contributed by atoms with Gasteiger partial charge in [-0.1, -0.05) is 0 Å². The van der Waals surface area contributed by atoms with Crippen LogP contribution < -0.4 is 5.32 Å². The fraction of sp³-hybridized carbons (Fsp3) is 0.688. The van der Waals surface area contributed by atoms with Gasteiger partial charge in [-0.15, -0.1) is 0 Å². The summed E-state index contributed by atoms with van der Waals surface area (Å²) in [4.78, 5) is 28.0. The number of ether oxygens (including phenoxy) is 1. The molecule has 1 saturated heterocycles. The van der Waals surface area contributed by atoms with Gasteiger partial charge in [-0.3, -0.25) is 4.68 Å². The number of rotatable bonds is 1. The Morgan fingerprint density at radius 2 is 2.00 bits per heavy atom. The maximum absolute atomic E-state index is 12.3. The van der Waals surface area contributed by atoms with Crippen LogP contribution in [0.1, 0.15) is 39.3 Å². The van der Waals surface area contributed by atoms with Gasteiger partial charge in [0.05, 0.1) is 12.2 Å². The predicted molar refractivity (Wildman–Crippen MR) is 88.6 cm³/mol. The number of piperidine rings is 1. The summed E-state index contributed by atoms with van der Waals surface area (Å²) in [5.74, 6) is 0. The van der Waals surface area contributed by atoms with Crippen molar-refractivity contribution >= 4 is 17.8 Å². The zero-order chi connectivity index (χ0) is 17.5. The SMILES string of the molecule is Cn1cc2c(n1)CN(C1CCN(C(=O)OC(C)(C)C)CC1)C(=O)N2. The Morgan fingerprint density at radius 1 is 1.33 bits per heavy atom. The van der Waals surface area contributed by atoms with E-state index in [0.29, 0.717) is 19.6 Å². The largest absolute Gasteiger partial charge is 0.444 e. The maximum Gasteiger partial charge on any atom is 0.410 e. The van der Waals surface area contributed by atoms with Crippen molar-refractivity contribution in [2.45, 2.75) is 51.8 Å². The van der Waals surface area contributed by atoms with Gasteiger partial charge in [0.15, 0.2) is 0 Å². The van der Waals surface area contributed by atoms with E-state index >= 15 is 0 Å². The molecule has 0 aliphatic carbocycles. The molecule has 1 aromatic rings. The lowest BCUT2D eigenvalue weighted by Gasteiger charge is -2.39. The van der Waals surface area contributed by atoms with E-state index in [0.717, 1.165) is 24.2 Å². The minimum Gasteiger partial charge on any atom is -0.444 e. The number of hydrogen-bond donors (Lipinski definition) is 1. The molecule has 3 heterocycles. The summed E-state index contributed by atoms with van der Waals surface area (Å²) in [5, 5.41) is 7.28. The second kappa shape index (κ2) is 5.99. The van der Waals surface area contributed by atoms with Crippen LogP contribution in [-0.2, 0) is 18.3 Å². The van der Waals surface area contributed by atoms with Crippen LogP contribution in [-0.4, -0.2) is 56.4 Å². The standard InChI is InChI=1S/C16H25N5O3/c1-16(2,3)24-15(23)20-7-5-11(6-8-20)21-10-13-12(17-14(21)22)9-19(4)18-13/h9,11H,5-8,10H2,1-4H3,(H,17,22). The van der Waals surface area contributed by atoms with Gasteiger partial charge in [0.2, 0.25) is 0 Å². The number of aryl methyl sites for hydroxylation is 1. The zero-order valence-electron chi connectivity index (χ0n) is 14.7. The van der Waals surface area contributed by atoms with Gasteiger partial charge in [0.1, 0.15) is 11.3 Å². The summed E-state index contributed by atoms with van der Waals surface area (Å²) in [5.41, 5.74) is 1.17. The molecule has 0 aromatic carbocycles. The molecule has 1 fully saturated rings. The first-order chi connectivity index (χ1) is 11.2. The van der Waals surface area contributed by atoms with Gasteiger partial charge in [0.25, 0.3) is 0 Å². The monoisotopic (exact) mass is 335 g/mol. The van der Waals surface area contributed by atoms with Crippen molar-refractivity contribution in [3.8, 4) is 0 Å². The summed E-state index contributed by atoms with van der Waals surface area (Å²) < 4.78 is 7.12. The lowest BCUT2D eigenvalue weighted by Crippen LogP contribution is -2.51. The average Bonchev–Trinajstić information content (AvgIpc) is 2.84. The number of carbonyl (C=O) groups is 2. The Bertz CT molecular complexity index is 641. The number of carbonyl (C=O) groups excluding carboxylic acids is 2. The van der Waals surface area contributed by atoms with Gasteiger partial charge < -0.3 is 19.9 Å². The Hall–Kier alpha value is -2.25. The van der Waals surface area contributed by atoms with E-state index in [1.165, 1.54) is 0 Å². The molecule has 0 saturated carbocycles. The summed E-state index contributed by atoms with van der Waals surface area (Å²) in [6, 6.07) is 0.0186. The Balaban J connectivity index is 1.59. The number of anilines is 1. The number of nitrogens with one attached hydrogen (secondary N) is 1. The van der Waals surface area contributed by atoms with Crippen LogP contribution in [0.15, 0.2) is 6.20 Å². The van der Waals surface area contributed by atoms with E-state index in [1.807, 2.05) is 38.9 Å². The van der Waals surface area contributed by atoms with E-state index in [-0.39, 0.29) is 18.2 Å². The van der Waals surface area contributed by atoms with Crippen molar-refractivity contribution in [1.82, 2.24) is 19.6 Å². The van der Waals surface area contributed by atoms with Crippen molar-refractivity contribution in [2.24, 2.45) is 7.05 Å². The van der Waals surface area contributed by atoms with Crippen molar-refractivity contribution in [1.29, 1.82) is 0 Å². The number of urea groups is 1. The third-order valence-corrected chi connectivity index (χ3v) is 4.28. The average molecular weight is 335 g/mol. The molecule has 0 spiro atoms. The van der Waals surface area contributed by atoms with Gasteiger partial charge >= 0.3 is 12.1 Å². The number of nitrogens with zero attached hydrogens (tertiary/aromatic N) is 4. The van der Waals surface area contributed by atoms with Crippen LogP contribution in [0.4, 0.5) is 15.3 Å². The normalized spacial score (nSPS) is 19.1. The molecule has 0 unspecified atom stereocenters. The summed E-state index contributed by atoms with van der Waals surface area (Å²) in [6.45, 7) is 7.29. The molecule has 1 aromatic heterocycles. The van der Waals surface area contributed by atoms with Gasteiger partial charge in [0, 0.05) is 32.4 Å². The number of hydrogen-bond acceptors (Lipinski definition) is 4. The van der Waals surface area contributed by atoms with Crippen molar-refractivity contribution in [3.05, 3.63) is 11.9 Å². The first-order valence-corrected chi connectivity index (χ1v) is 8.31. The number of fused-ring (bicyclic) bond motifs is 1. The smallest absolute Gasteiger partial charge is 0.410 e. The highest BCUT2D eigenvalue weighted by Crippen LogP contribution is 2.27. The summed E-state index contributed by atoms with van der Waals surface area (Å²) >= 11 is 0. The summed E-state index contributed by atoms with van der Waals surface area (Å²) in [6.07, 6.45) is 3.02. The van der Waals surface area contributed by atoms with Gasteiger partial charge in [-0.05, 0) is 33.6 Å². The van der Waals surface area contributed by atoms with Crippen molar-refractivity contribution in [2.75, 3.05) is 18.4 Å². The third kappa shape index (κ3) is 3.47. The molecular weight excluding hydrogens is 310 g/mol. The van der Waals surface area contributed by atoms with Crippen molar-refractivity contribution in [3.63, 3.8) is 0 Å². The van der Waals surface area contributed by atoms with Crippen LogP contribution >= 0.6 is 0 Å². The fourth-order valence-electron chi connectivity index (χ4n) is 3.16. The molecule has 0 bridgehead atoms. The molecule has 2 aliphatic heterocycles. The quantitative estimate of drug-likeness (QED) is 0.853. The van der Waals surface area contributed by atoms with Gasteiger partial charge in [-0.25, -0.2) is 9.59 Å². The minimum absolute atomic E-state index is 0.0915. The molecule has 0 atom stereocenters. The molecule has 3 rings (SSSR count). The van der Waals surface area contributed by atoms with Crippen LogP contribution in [0.5, 0.6) is 0 Å². The summed E-state index contributed by atoms with van der Waals surface area (Å²) in [7, 11) is 1.84. The van der Waals surface area contributed by atoms with E-state index in [1.54, 1.807) is 9.58 Å². The number of aromatic nitrogens is 2. The highest BCUT2D eigenvalue weighted by Gasteiger charge is 2.34. The molecular formula is C16H25N5O3. The second-order valence-corrected chi connectivity index (χ2v) is 7.42. The van der Waals surface area contributed by atoms with E-state index in [9.17, 15) is 9.59 Å².